The first-order chi connectivity index (χ1) is 18.8. The molecule has 12 heteroatoms. The van der Waals surface area contributed by atoms with Crippen LogP contribution in [0, 0.1) is 12.3 Å². The summed E-state index contributed by atoms with van der Waals surface area (Å²) in [6, 6.07) is 15.3. The topological polar surface area (TPSA) is 173 Å². The maximum atomic E-state index is 13.0. The van der Waals surface area contributed by atoms with Crippen LogP contribution < -0.4 is 31.5 Å². The molecule has 0 radical (unpaired) electrons. The van der Waals surface area contributed by atoms with E-state index >= 15 is 0 Å². The van der Waals surface area contributed by atoms with Gasteiger partial charge in [0.05, 0.1) is 6.61 Å². The largest absolute Gasteiger partial charge is 0.490 e. The number of likely N-dealkylation sites (N-methyl/N-ethyl adjacent to an activating group) is 1. The van der Waals surface area contributed by atoms with Gasteiger partial charge in [0.1, 0.15) is 11.9 Å². The molecular weight excluding hydrogens is 500 g/mol. The average Bonchev–Trinajstić information content (AvgIpc) is 3.32. The van der Waals surface area contributed by atoms with E-state index in [1.807, 2.05) is 19.9 Å². The number of aromatic amines is 1. The Morgan fingerprint density at radius 2 is 1.92 bits per heavy atom. The minimum Gasteiger partial charge on any atom is -0.490 e. The van der Waals surface area contributed by atoms with Gasteiger partial charge in [-0.1, -0.05) is 12.1 Å². The third-order valence-corrected chi connectivity index (χ3v) is 5.84. The second-order valence-electron chi connectivity index (χ2n) is 8.54. The number of benzene rings is 2. The van der Waals surface area contributed by atoms with Crippen molar-refractivity contribution < 1.29 is 14.3 Å². The molecule has 0 fully saturated rings. The molecule has 1 atom stereocenters. The molecule has 0 saturated carbocycles. The number of H-pyrrole nitrogens is 1. The first-order valence-electron chi connectivity index (χ1n) is 12.2. The zero-order chi connectivity index (χ0) is 27.9. The van der Waals surface area contributed by atoms with E-state index in [2.05, 4.69) is 25.7 Å². The number of ether oxygens (including phenoxy) is 2. The number of amidine groups is 1. The van der Waals surface area contributed by atoms with E-state index in [0.717, 1.165) is 5.56 Å². The second kappa shape index (κ2) is 11.9. The van der Waals surface area contributed by atoms with Crippen LogP contribution in [0.4, 0.5) is 5.69 Å². The molecule has 6 N–H and O–H groups in total. The second-order valence-corrected chi connectivity index (χ2v) is 8.54. The Bertz CT molecular complexity index is 1530. The van der Waals surface area contributed by atoms with Crippen molar-refractivity contribution in [1.82, 2.24) is 25.1 Å². The summed E-state index contributed by atoms with van der Waals surface area (Å²) >= 11 is 0. The molecule has 202 valence electrons. The van der Waals surface area contributed by atoms with Crippen molar-refractivity contribution in [3.8, 4) is 17.3 Å². The fraction of sp³-hybridized carbons (Fsp3) is 0.222. The Morgan fingerprint density at radius 3 is 2.59 bits per heavy atom. The van der Waals surface area contributed by atoms with Crippen LogP contribution in [-0.2, 0) is 4.79 Å². The van der Waals surface area contributed by atoms with Crippen LogP contribution in [-0.4, -0.2) is 51.8 Å². The third kappa shape index (κ3) is 6.24. The molecule has 39 heavy (non-hydrogen) atoms. The molecule has 12 nitrogen and oxygen atoms in total. The Hall–Kier alpha value is -5.13. The van der Waals surface area contributed by atoms with E-state index in [0.29, 0.717) is 46.6 Å². The molecule has 0 spiro atoms. The van der Waals surface area contributed by atoms with Gasteiger partial charge in [0.25, 0.3) is 5.91 Å². The van der Waals surface area contributed by atoms with Crippen LogP contribution in [0.15, 0.2) is 65.6 Å². The molecule has 2 aromatic carbocycles. The lowest BCUT2D eigenvalue weighted by atomic mass is 10.0. The number of nitrogens with two attached hydrogens (primary N) is 1. The predicted octanol–water partition coefficient (Wildman–Crippen LogP) is 2.27. The SMILES string of the molecule is CCOc1cc(C(Nc2ccc(C(=N)N)cc2)c2nn(-c3ncccc3C)c(=O)[nH]2)ccc1OCC(=O)NC. The normalized spacial score (nSPS) is 11.5. The number of carbonyl (C=O) groups excluding carboxylic acids is 1. The number of anilines is 1. The fourth-order valence-electron chi connectivity index (χ4n) is 3.84. The van der Waals surface area contributed by atoms with Gasteiger partial charge in [-0.25, -0.2) is 9.78 Å². The maximum absolute atomic E-state index is 13.0. The van der Waals surface area contributed by atoms with Gasteiger partial charge in [-0.2, -0.15) is 4.68 Å². The molecule has 4 rings (SSSR count). The zero-order valence-electron chi connectivity index (χ0n) is 21.8. The fourth-order valence-corrected chi connectivity index (χ4v) is 3.84. The van der Waals surface area contributed by atoms with Crippen molar-refractivity contribution in [2.75, 3.05) is 25.6 Å². The van der Waals surface area contributed by atoms with E-state index in [1.165, 1.54) is 11.7 Å². The lowest BCUT2D eigenvalue weighted by Gasteiger charge is -2.20. The smallest absolute Gasteiger partial charge is 0.349 e. The molecule has 2 heterocycles. The van der Waals surface area contributed by atoms with Crippen molar-refractivity contribution in [3.63, 3.8) is 0 Å². The Kier molecular flexibility index (Phi) is 8.24. The van der Waals surface area contributed by atoms with E-state index < -0.39 is 11.7 Å². The van der Waals surface area contributed by atoms with Crippen molar-refractivity contribution in [2.45, 2.75) is 19.9 Å². The van der Waals surface area contributed by atoms with Crippen molar-refractivity contribution >= 4 is 17.4 Å². The van der Waals surface area contributed by atoms with Crippen molar-refractivity contribution in [3.05, 3.63) is 93.8 Å². The lowest BCUT2D eigenvalue weighted by molar-refractivity contribution is -0.122. The highest BCUT2D eigenvalue weighted by Gasteiger charge is 2.23. The van der Waals surface area contributed by atoms with Gasteiger partial charge in [-0.05, 0) is 67.4 Å². The van der Waals surface area contributed by atoms with Gasteiger partial charge in [0.15, 0.2) is 29.7 Å². The summed E-state index contributed by atoms with van der Waals surface area (Å²) in [5.74, 6) is 1.27. The van der Waals surface area contributed by atoms with Crippen LogP contribution in [0.25, 0.3) is 5.82 Å². The standard InChI is InChI=1S/C27H30N8O4/c1-4-38-21-14-18(9-12-20(21)39-15-22(36)30-3)23(32-19-10-7-17(8-11-19)24(28)29)25-33-27(37)35(34-25)26-16(2)6-5-13-31-26/h5-14,23,32H,4,15H2,1-3H3,(H3,28,29)(H,30,36)(H,33,34,37). The highest BCUT2D eigenvalue weighted by atomic mass is 16.5. The molecule has 1 unspecified atom stereocenters. The summed E-state index contributed by atoms with van der Waals surface area (Å²) in [7, 11) is 1.53. The number of carbonyl (C=O) groups is 1. The van der Waals surface area contributed by atoms with E-state index in [-0.39, 0.29) is 18.3 Å². The van der Waals surface area contributed by atoms with Gasteiger partial charge in [0.2, 0.25) is 0 Å². The number of aromatic nitrogens is 4. The molecule has 4 aromatic rings. The van der Waals surface area contributed by atoms with Gasteiger partial charge in [-0.15, -0.1) is 5.10 Å². The monoisotopic (exact) mass is 530 g/mol. The summed E-state index contributed by atoms with van der Waals surface area (Å²) in [5.41, 5.74) is 7.94. The van der Waals surface area contributed by atoms with Gasteiger partial charge in [0, 0.05) is 24.5 Å². The molecule has 0 aliphatic rings. The minimum atomic E-state index is -0.627. The quantitative estimate of drug-likeness (QED) is 0.145. The molecule has 0 saturated heterocycles. The van der Waals surface area contributed by atoms with Crippen LogP contribution in [0.1, 0.15) is 35.5 Å². The molecule has 1 amide bonds. The molecular formula is C27H30N8O4. The van der Waals surface area contributed by atoms with Crippen LogP contribution in [0.5, 0.6) is 11.5 Å². The Morgan fingerprint density at radius 1 is 1.15 bits per heavy atom. The van der Waals surface area contributed by atoms with Crippen LogP contribution >= 0.6 is 0 Å². The number of pyridine rings is 1. The minimum absolute atomic E-state index is 0.0411. The lowest BCUT2D eigenvalue weighted by Crippen LogP contribution is -2.25. The molecule has 0 aliphatic heterocycles. The number of nitrogens with zero attached hydrogens (tertiary/aromatic N) is 3. The van der Waals surface area contributed by atoms with Crippen molar-refractivity contribution in [1.29, 1.82) is 5.41 Å². The first-order valence-corrected chi connectivity index (χ1v) is 12.2. The molecule has 0 aliphatic carbocycles. The van der Waals surface area contributed by atoms with Gasteiger partial charge >= 0.3 is 5.69 Å². The number of aryl methyl sites for hydroxylation is 1. The molecule has 2 aromatic heterocycles. The van der Waals surface area contributed by atoms with Gasteiger partial charge in [-0.3, -0.25) is 15.2 Å². The average molecular weight is 531 g/mol. The Labute approximate surface area is 224 Å². The van der Waals surface area contributed by atoms with Gasteiger partial charge < -0.3 is 25.8 Å². The number of nitrogen functional groups attached to an aromatic ring is 1. The third-order valence-electron chi connectivity index (χ3n) is 5.84. The number of hydrogen-bond acceptors (Lipinski definition) is 8. The number of nitrogens with one attached hydrogen (secondary N) is 4. The van der Waals surface area contributed by atoms with E-state index in [9.17, 15) is 9.59 Å². The summed E-state index contributed by atoms with van der Waals surface area (Å²) < 4.78 is 12.7. The number of hydrogen-bond donors (Lipinski definition) is 5. The molecule has 0 bridgehead atoms. The van der Waals surface area contributed by atoms with E-state index in [4.69, 9.17) is 20.6 Å². The number of amides is 1. The summed E-state index contributed by atoms with van der Waals surface area (Å²) in [5, 5.41) is 18.1. The van der Waals surface area contributed by atoms with E-state index in [1.54, 1.807) is 54.7 Å². The van der Waals surface area contributed by atoms with Crippen LogP contribution in [0.2, 0.25) is 0 Å². The Balaban J connectivity index is 1.77. The highest BCUT2D eigenvalue weighted by molar-refractivity contribution is 5.95. The maximum Gasteiger partial charge on any atom is 0.349 e. The summed E-state index contributed by atoms with van der Waals surface area (Å²) in [6.45, 7) is 3.90. The van der Waals surface area contributed by atoms with Crippen molar-refractivity contribution in [2.24, 2.45) is 5.73 Å². The first kappa shape index (κ1) is 26.9. The summed E-state index contributed by atoms with van der Waals surface area (Å²) in [6.07, 6.45) is 1.60. The zero-order valence-corrected chi connectivity index (χ0v) is 21.8. The number of rotatable bonds is 11. The predicted molar refractivity (Wildman–Crippen MR) is 147 cm³/mol. The van der Waals surface area contributed by atoms with Crippen LogP contribution in [0.3, 0.4) is 0 Å². The summed E-state index contributed by atoms with van der Waals surface area (Å²) in [4.78, 5) is 31.8. The highest BCUT2D eigenvalue weighted by Crippen LogP contribution is 2.33.